The molecule has 0 saturated carbocycles. The summed E-state index contributed by atoms with van der Waals surface area (Å²) in [6, 6.07) is 0. The summed E-state index contributed by atoms with van der Waals surface area (Å²) in [5, 5.41) is 0.799. The van der Waals surface area contributed by atoms with E-state index in [9.17, 15) is 0 Å². The van der Waals surface area contributed by atoms with E-state index in [1.54, 1.807) is 13.3 Å². The van der Waals surface area contributed by atoms with E-state index in [2.05, 4.69) is 4.99 Å². The maximum absolute atomic E-state index is 5.73. The van der Waals surface area contributed by atoms with Crippen molar-refractivity contribution in [3.8, 4) is 0 Å². The molecule has 1 unspecified atom stereocenters. The normalized spacial score (nSPS) is 25.3. The van der Waals surface area contributed by atoms with Gasteiger partial charge in [0.15, 0.2) is 5.90 Å². The molecule has 0 aromatic rings. The van der Waals surface area contributed by atoms with Crippen LogP contribution in [0.25, 0.3) is 0 Å². The molecular weight excluding hydrogens is 150 g/mol. The molecule has 0 radical (unpaired) electrons. The van der Waals surface area contributed by atoms with Gasteiger partial charge in [0.05, 0.1) is 7.11 Å². The summed E-state index contributed by atoms with van der Waals surface area (Å²) in [6.07, 6.45) is 2.48. The second-order valence-corrected chi connectivity index (χ2v) is 2.84. The molecule has 2 nitrogen and oxygen atoms in total. The highest BCUT2D eigenvalue weighted by Gasteiger charge is 2.15. The van der Waals surface area contributed by atoms with E-state index < -0.39 is 0 Å². The van der Waals surface area contributed by atoms with Crippen molar-refractivity contribution >= 4 is 17.5 Å². The zero-order valence-electron chi connectivity index (χ0n) is 6.10. The summed E-state index contributed by atoms with van der Waals surface area (Å²) >= 11 is 5.73. The lowest BCUT2D eigenvalue weighted by Crippen LogP contribution is -2.15. The number of aliphatic imine (C=N–C) groups is 1. The van der Waals surface area contributed by atoms with E-state index in [0.717, 1.165) is 17.4 Å². The van der Waals surface area contributed by atoms with Gasteiger partial charge < -0.3 is 4.74 Å². The Labute approximate surface area is 65.5 Å². The number of ether oxygens (including phenoxy) is 1. The van der Waals surface area contributed by atoms with Crippen molar-refractivity contribution in [3.63, 3.8) is 0 Å². The summed E-state index contributed by atoms with van der Waals surface area (Å²) in [4.78, 5) is 4.01. The van der Waals surface area contributed by atoms with Gasteiger partial charge in [-0.05, 0) is 6.42 Å². The quantitative estimate of drug-likeness (QED) is 0.531. The van der Waals surface area contributed by atoms with Crippen molar-refractivity contribution < 1.29 is 4.74 Å². The monoisotopic (exact) mass is 159 g/mol. The Hall–Kier alpha value is -0.500. The van der Waals surface area contributed by atoms with Crippen molar-refractivity contribution in [2.24, 2.45) is 10.9 Å². The SMILES string of the molecule is COC1=NC=C(Cl)CC1C. The van der Waals surface area contributed by atoms with Gasteiger partial charge in [-0.25, -0.2) is 4.99 Å². The topological polar surface area (TPSA) is 21.6 Å². The Bertz CT molecular complexity index is 186. The van der Waals surface area contributed by atoms with Crippen LogP contribution in [0.5, 0.6) is 0 Å². The largest absolute Gasteiger partial charge is 0.484 e. The molecule has 10 heavy (non-hydrogen) atoms. The van der Waals surface area contributed by atoms with Gasteiger partial charge in [-0.2, -0.15) is 0 Å². The van der Waals surface area contributed by atoms with Crippen LogP contribution in [0, 0.1) is 5.92 Å². The first-order chi connectivity index (χ1) is 4.74. The fraction of sp³-hybridized carbons (Fsp3) is 0.571. The number of allylic oxidation sites excluding steroid dienone is 1. The molecule has 1 aliphatic heterocycles. The Balaban J connectivity index is 2.71. The summed E-state index contributed by atoms with van der Waals surface area (Å²) in [5.41, 5.74) is 0. The summed E-state index contributed by atoms with van der Waals surface area (Å²) in [5.74, 6) is 1.09. The highest BCUT2D eigenvalue weighted by molar-refractivity contribution is 6.29. The van der Waals surface area contributed by atoms with E-state index in [4.69, 9.17) is 16.3 Å². The van der Waals surface area contributed by atoms with Crippen LogP contribution in [-0.4, -0.2) is 13.0 Å². The zero-order chi connectivity index (χ0) is 7.56. The average Bonchev–Trinajstić information content (AvgIpc) is 1.88. The minimum absolute atomic E-state index is 0.322. The van der Waals surface area contributed by atoms with Gasteiger partial charge in [0.1, 0.15) is 0 Å². The first-order valence-electron chi connectivity index (χ1n) is 3.20. The van der Waals surface area contributed by atoms with Crippen LogP contribution in [0.4, 0.5) is 0 Å². The number of rotatable bonds is 0. The maximum Gasteiger partial charge on any atom is 0.190 e. The molecule has 1 rings (SSSR count). The fourth-order valence-electron chi connectivity index (χ4n) is 0.947. The number of methoxy groups -OCH3 is 1. The second-order valence-electron chi connectivity index (χ2n) is 2.35. The molecule has 0 spiro atoms. The third-order valence-electron chi connectivity index (χ3n) is 1.46. The molecule has 1 atom stereocenters. The first-order valence-corrected chi connectivity index (χ1v) is 3.58. The second kappa shape index (κ2) is 3.06. The van der Waals surface area contributed by atoms with Crippen molar-refractivity contribution in [2.75, 3.05) is 7.11 Å². The first kappa shape index (κ1) is 7.61. The molecule has 0 aliphatic carbocycles. The molecule has 0 aromatic carbocycles. The van der Waals surface area contributed by atoms with Crippen LogP contribution < -0.4 is 0 Å². The Morgan fingerprint density at radius 1 is 1.80 bits per heavy atom. The van der Waals surface area contributed by atoms with Crippen LogP contribution in [0.15, 0.2) is 16.2 Å². The van der Waals surface area contributed by atoms with Gasteiger partial charge in [0.2, 0.25) is 0 Å². The Morgan fingerprint density at radius 3 is 3.00 bits per heavy atom. The van der Waals surface area contributed by atoms with Gasteiger partial charge in [0.25, 0.3) is 0 Å². The fourth-order valence-corrected chi connectivity index (χ4v) is 1.23. The average molecular weight is 160 g/mol. The van der Waals surface area contributed by atoms with Crippen LogP contribution >= 0.6 is 11.6 Å². The summed E-state index contributed by atoms with van der Waals surface area (Å²) in [7, 11) is 1.63. The van der Waals surface area contributed by atoms with Gasteiger partial charge in [0, 0.05) is 17.2 Å². The number of nitrogens with zero attached hydrogens (tertiary/aromatic N) is 1. The van der Waals surface area contributed by atoms with E-state index in [1.807, 2.05) is 6.92 Å². The van der Waals surface area contributed by atoms with Gasteiger partial charge >= 0.3 is 0 Å². The molecule has 0 aromatic heterocycles. The smallest absolute Gasteiger partial charge is 0.190 e. The lowest BCUT2D eigenvalue weighted by Gasteiger charge is -2.15. The predicted octanol–water partition coefficient (Wildman–Crippen LogP) is 2.15. The van der Waals surface area contributed by atoms with E-state index in [-0.39, 0.29) is 0 Å². The number of hydrogen-bond acceptors (Lipinski definition) is 2. The van der Waals surface area contributed by atoms with E-state index in [1.165, 1.54) is 0 Å². The molecule has 1 aliphatic rings. The van der Waals surface area contributed by atoms with Gasteiger partial charge in [-0.15, -0.1) is 0 Å². The van der Waals surface area contributed by atoms with Gasteiger partial charge in [-0.3, -0.25) is 0 Å². The molecular formula is C7H10ClNO. The molecule has 0 bridgehead atoms. The standard InChI is InChI=1S/C7H10ClNO/c1-5-3-6(8)4-9-7(5)10-2/h4-5H,3H2,1-2H3. The molecule has 56 valence electrons. The van der Waals surface area contributed by atoms with E-state index in [0.29, 0.717) is 5.92 Å². The van der Waals surface area contributed by atoms with Crippen LogP contribution in [-0.2, 0) is 4.74 Å². The van der Waals surface area contributed by atoms with Crippen molar-refractivity contribution in [1.82, 2.24) is 0 Å². The summed E-state index contributed by atoms with van der Waals surface area (Å²) < 4.78 is 5.00. The molecule has 0 N–H and O–H groups in total. The van der Waals surface area contributed by atoms with Crippen LogP contribution in [0.3, 0.4) is 0 Å². The molecule has 3 heteroatoms. The third-order valence-corrected chi connectivity index (χ3v) is 1.72. The van der Waals surface area contributed by atoms with Crippen molar-refractivity contribution in [3.05, 3.63) is 11.2 Å². The Kier molecular flexibility index (Phi) is 2.33. The number of hydrogen-bond donors (Lipinski definition) is 0. The highest BCUT2D eigenvalue weighted by atomic mass is 35.5. The summed E-state index contributed by atoms with van der Waals surface area (Å²) in [6.45, 7) is 2.04. The zero-order valence-corrected chi connectivity index (χ0v) is 6.85. The third kappa shape index (κ3) is 1.51. The maximum atomic E-state index is 5.73. The lowest BCUT2D eigenvalue weighted by molar-refractivity contribution is 0.368. The molecule has 1 heterocycles. The minimum Gasteiger partial charge on any atom is -0.484 e. The van der Waals surface area contributed by atoms with E-state index >= 15 is 0 Å². The predicted molar refractivity (Wildman–Crippen MR) is 42.2 cm³/mol. The van der Waals surface area contributed by atoms with Crippen molar-refractivity contribution in [1.29, 1.82) is 0 Å². The Morgan fingerprint density at radius 2 is 2.50 bits per heavy atom. The highest BCUT2D eigenvalue weighted by Crippen LogP contribution is 2.21. The molecule has 0 saturated heterocycles. The van der Waals surface area contributed by atoms with Gasteiger partial charge in [-0.1, -0.05) is 18.5 Å². The molecule has 0 amide bonds. The number of halogens is 1. The van der Waals surface area contributed by atoms with Crippen molar-refractivity contribution in [2.45, 2.75) is 13.3 Å². The van der Waals surface area contributed by atoms with Crippen LogP contribution in [0.1, 0.15) is 13.3 Å². The van der Waals surface area contributed by atoms with Crippen LogP contribution in [0.2, 0.25) is 0 Å². The lowest BCUT2D eigenvalue weighted by atomic mass is 10.1. The minimum atomic E-state index is 0.322. The molecule has 0 fully saturated rings.